The Morgan fingerprint density at radius 1 is 0.970 bits per heavy atom. The molecule has 0 spiro atoms. The summed E-state index contributed by atoms with van der Waals surface area (Å²) in [4.78, 5) is 4.84. The minimum absolute atomic E-state index is 0. The highest BCUT2D eigenvalue weighted by Crippen LogP contribution is 2.35. The summed E-state index contributed by atoms with van der Waals surface area (Å²) in [5, 5.41) is 12.7. The molecule has 1 aliphatic rings. The highest BCUT2D eigenvalue weighted by atomic mass is 35.5. The molecule has 0 bridgehead atoms. The van der Waals surface area contributed by atoms with Crippen LogP contribution >= 0.6 is 12.4 Å². The molecule has 2 heterocycles. The number of aromatic nitrogens is 4. The summed E-state index contributed by atoms with van der Waals surface area (Å²) in [5.41, 5.74) is 1.96. The number of halogens is 2. The Hall–Kier alpha value is -2.75. The van der Waals surface area contributed by atoms with Gasteiger partial charge in [-0.1, -0.05) is 25.1 Å². The number of hydrogen-bond acceptors (Lipinski definition) is 7. The van der Waals surface area contributed by atoms with Gasteiger partial charge in [0.25, 0.3) is 0 Å². The van der Waals surface area contributed by atoms with Crippen LogP contribution in [0.5, 0.6) is 11.5 Å². The van der Waals surface area contributed by atoms with Crippen molar-refractivity contribution in [3.05, 3.63) is 65.2 Å². The predicted octanol–water partition coefficient (Wildman–Crippen LogP) is 3.03. The molecule has 1 aliphatic heterocycles. The Labute approximate surface area is 199 Å². The number of rotatable bonds is 8. The van der Waals surface area contributed by atoms with Crippen LogP contribution in [0, 0.1) is 5.82 Å². The topological polar surface area (TPSA) is 68.5 Å². The summed E-state index contributed by atoms with van der Waals surface area (Å²) in [5.74, 6) is 1.82. The SMILES string of the molecule is CCN1CCN(C(c2ccc(OC)c(OC)c2)c2nnnn2Cc2ccc(F)cc2)CC1.Cl. The fraction of sp³-hybridized carbons (Fsp3) is 0.435. The van der Waals surface area contributed by atoms with E-state index in [9.17, 15) is 4.39 Å². The van der Waals surface area contributed by atoms with Gasteiger partial charge in [0, 0.05) is 26.2 Å². The van der Waals surface area contributed by atoms with Gasteiger partial charge in [-0.25, -0.2) is 9.07 Å². The van der Waals surface area contributed by atoms with E-state index < -0.39 is 0 Å². The summed E-state index contributed by atoms with van der Waals surface area (Å²) < 4.78 is 26.1. The number of benzene rings is 2. The Morgan fingerprint density at radius 3 is 2.30 bits per heavy atom. The lowest BCUT2D eigenvalue weighted by Gasteiger charge is -2.38. The van der Waals surface area contributed by atoms with Crippen LogP contribution in [0.2, 0.25) is 0 Å². The maximum atomic E-state index is 13.4. The molecule has 1 aromatic heterocycles. The maximum Gasteiger partial charge on any atom is 0.173 e. The number of hydrogen-bond donors (Lipinski definition) is 0. The van der Waals surface area contributed by atoms with Gasteiger partial charge in [0.1, 0.15) is 5.82 Å². The zero-order chi connectivity index (χ0) is 22.5. The highest BCUT2D eigenvalue weighted by molar-refractivity contribution is 5.85. The lowest BCUT2D eigenvalue weighted by molar-refractivity contribution is 0.108. The lowest BCUT2D eigenvalue weighted by atomic mass is 10.0. The molecule has 178 valence electrons. The van der Waals surface area contributed by atoms with E-state index in [1.807, 2.05) is 18.2 Å². The Balaban J connectivity index is 0.00000306. The normalized spacial score (nSPS) is 15.6. The molecule has 0 radical (unpaired) electrons. The van der Waals surface area contributed by atoms with E-state index in [4.69, 9.17) is 9.47 Å². The number of piperazine rings is 1. The zero-order valence-electron chi connectivity index (χ0n) is 19.1. The molecule has 1 saturated heterocycles. The van der Waals surface area contributed by atoms with Crippen molar-refractivity contribution in [2.24, 2.45) is 0 Å². The van der Waals surface area contributed by atoms with Crippen LogP contribution in [0.1, 0.15) is 29.9 Å². The third-order valence-corrected chi connectivity index (χ3v) is 5.99. The van der Waals surface area contributed by atoms with Gasteiger partial charge in [0.15, 0.2) is 17.3 Å². The van der Waals surface area contributed by atoms with Crippen molar-refractivity contribution in [1.29, 1.82) is 0 Å². The molecule has 33 heavy (non-hydrogen) atoms. The third kappa shape index (κ3) is 5.61. The third-order valence-electron chi connectivity index (χ3n) is 5.99. The standard InChI is InChI=1S/C23H29FN6O2.ClH/c1-4-28-11-13-29(14-12-28)22(18-7-10-20(31-2)21(15-18)32-3)23-25-26-27-30(23)16-17-5-8-19(24)9-6-17;/h5-10,15,22H,4,11-14,16H2,1-3H3;1H. The number of methoxy groups -OCH3 is 2. The molecule has 2 aromatic carbocycles. The van der Waals surface area contributed by atoms with E-state index in [0.717, 1.165) is 49.7 Å². The van der Waals surface area contributed by atoms with E-state index in [1.165, 1.54) is 12.1 Å². The molecule has 4 rings (SSSR count). The summed E-state index contributed by atoms with van der Waals surface area (Å²) in [7, 11) is 3.26. The summed E-state index contributed by atoms with van der Waals surface area (Å²) in [6.07, 6.45) is 0. The van der Waals surface area contributed by atoms with E-state index in [1.54, 1.807) is 31.0 Å². The van der Waals surface area contributed by atoms with Crippen LogP contribution in [-0.2, 0) is 6.54 Å². The molecular weight excluding hydrogens is 447 g/mol. The molecule has 1 fully saturated rings. The summed E-state index contributed by atoms with van der Waals surface area (Å²) >= 11 is 0. The van der Waals surface area contributed by atoms with Gasteiger partial charge in [-0.15, -0.1) is 17.5 Å². The Kier molecular flexibility index (Phi) is 8.60. The minimum atomic E-state index is -0.261. The number of nitrogens with zero attached hydrogens (tertiary/aromatic N) is 6. The maximum absolute atomic E-state index is 13.4. The molecule has 8 nitrogen and oxygen atoms in total. The summed E-state index contributed by atoms with van der Waals surface area (Å²) in [6, 6.07) is 12.2. The van der Waals surface area contributed by atoms with Crippen LogP contribution in [0.4, 0.5) is 4.39 Å². The van der Waals surface area contributed by atoms with E-state index in [-0.39, 0.29) is 24.3 Å². The van der Waals surface area contributed by atoms with Crippen molar-refractivity contribution in [3.63, 3.8) is 0 Å². The highest BCUT2D eigenvalue weighted by Gasteiger charge is 2.31. The van der Waals surface area contributed by atoms with E-state index in [0.29, 0.717) is 18.0 Å². The van der Waals surface area contributed by atoms with Gasteiger partial charge in [-0.3, -0.25) is 4.90 Å². The van der Waals surface area contributed by atoms with Crippen molar-refractivity contribution in [2.75, 3.05) is 46.9 Å². The van der Waals surface area contributed by atoms with E-state index in [2.05, 4.69) is 32.2 Å². The summed E-state index contributed by atoms with van der Waals surface area (Å²) in [6.45, 7) is 7.45. The molecule has 0 saturated carbocycles. The first kappa shape index (κ1) is 24.9. The van der Waals surface area contributed by atoms with E-state index >= 15 is 0 Å². The molecule has 3 aromatic rings. The van der Waals surface area contributed by atoms with Crippen molar-refractivity contribution in [2.45, 2.75) is 19.5 Å². The largest absolute Gasteiger partial charge is 0.493 e. The quantitative estimate of drug-likeness (QED) is 0.495. The molecule has 0 aliphatic carbocycles. The van der Waals surface area contributed by atoms with Gasteiger partial charge >= 0.3 is 0 Å². The number of likely N-dealkylation sites (N-methyl/N-ethyl adjacent to an activating group) is 1. The van der Waals surface area contributed by atoms with Crippen LogP contribution in [0.25, 0.3) is 0 Å². The molecule has 1 unspecified atom stereocenters. The van der Waals surface area contributed by atoms with Crippen LogP contribution < -0.4 is 9.47 Å². The monoisotopic (exact) mass is 476 g/mol. The zero-order valence-corrected chi connectivity index (χ0v) is 20.0. The molecule has 0 N–H and O–H groups in total. The smallest absolute Gasteiger partial charge is 0.173 e. The van der Waals surface area contributed by atoms with Crippen molar-refractivity contribution >= 4 is 12.4 Å². The second-order valence-corrected chi connectivity index (χ2v) is 7.81. The fourth-order valence-corrected chi connectivity index (χ4v) is 4.17. The van der Waals surface area contributed by atoms with Crippen LogP contribution in [0.3, 0.4) is 0 Å². The van der Waals surface area contributed by atoms with Crippen LogP contribution in [-0.4, -0.2) is 77.0 Å². The number of ether oxygens (including phenoxy) is 2. The van der Waals surface area contributed by atoms with Gasteiger partial charge in [0.2, 0.25) is 0 Å². The second-order valence-electron chi connectivity index (χ2n) is 7.81. The van der Waals surface area contributed by atoms with Crippen LogP contribution in [0.15, 0.2) is 42.5 Å². The Morgan fingerprint density at radius 2 is 1.67 bits per heavy atom. The first-order chi connectivity index (χ1) is 15.6. The molecule has 1 atom stereocenters. The van der Waals surface area contributed by atoms with Crippen molar-refractivity contribution < 1.29 is 13.9 Å². The van der Waals surface area contributed by atoms with Gasteiger partial charge < -0.3 is 14.4 Å². The molecule has 10 heteroatoms. The average Bonchev–Trinajstić information content (AvgIpc) is 3.28. The second kappa shape index (κ2) is 11.4. The molecular formula is C23H30ClFN6O2. The average molecular weight is 477 g/mol. The van der Waals surface area contributed by atoms with Crippen molar-refractivity contribution in [3.8, 4) is 11.5 Å². The van der Waals surface area contributed by atoms with Gasteiger partial charge in [-0.05, 0) is 52.4 Å². The first-order valence-electron chi connectivity index (χ1n) is 10.8. The predicted molar refractivity (Wildman–Crippen MR) is 126 cm³/mol. The Bertz CT molecular complexity index is 1020. The first-order valence-corrected chi connectivity index (χ1v) is 10.8. The number of tetrazole rings is 1. The fourth-order valence-electron chi connectivity index (χ4n) is 4.17. The van der Waals surface area contributed by atoms with Crippen molar-refractivity contribution in [1.82, 2.24) is 30.0 Å². The van der Waals surface area contributed by atoms with Gasteiger partial charge in [0.05, 0.1) is 26.8 Å². The lowest BCUT2D eigenvalue weighted by Crippen LogP contribution is -2.48. The minimum Gasteiger partial charge on any atom is -0.493 e. The van der Waals surface area contributed by atoms with Gasteiger partial charge in [-0.2, -0.15) is 0 Å². The molecule has 0 amide bonds.